The minimum Gasteiger partial charge on any atom is -0.487 e. The minimum atomic E-state index is -0.984. The third kappa shape index (κ3) is 3.09. The quantitative estimate of drug-likeness (QED) is 0.759. The zero-order chi connectivity index (χ0) is 14.8. The molecule has 0 fully saturated rings. The van der Waals surface area contributed by atoms with E-state index in [1.165, 1.54) is 11.6 Å². The number of rotatable bonds is 3. The Kier molecular flexibility index (Phi) is 4.22. The summed E-state index contributed by atoms with van der Waals surface area (Å²) < 4.78 is 38.5. The summed E-state index contributed by atoms with van der Waals surface area (Å²) in [7, 11) is 0. The zero-order valence-corrected chi connectivity index (χ0v) is 12.7. The summed E-state index contributed by atoms with van der Waals surface area (Å²) in [5, 5.41) is 0. The highest BCUT2D eigenvalue weighted by atomic mass is 79.9. The molecule has 1 aliphatic rings. The largest absolute Gasteiger partial charge is 0.487 e. The summed E-state index contributed by atoms with van der Waals surface area (Å²) in [6.07, 6.45) is 0.586. The lowest BCUT2D eigenvalue weighted by Gasteiger charge is -2.26. The van der Waals surface area contributed by atoms with Gasteiger partial charge in [-0.3, -0.25) is 0 Å². The molecule has 0 bridgehead atoms. The SMILES string of the molecule is Fc1cc(Br)cc(OCC2OCCc3ccccc32)c1F. The van der Waals surface area contributed by atoms with Crippen molar-refractivity contribution in [1.82, 2.24) is 0 Å². The first kappa shape index (κ1) is 14.5. The molecular weight excluding hydrogens is 342 g/mol. The van der Waals surface area contributed by atoms with Gasteiger partial charge in [0.1, 0.15) is 12.7 Å². The molecule has 0 spiro atoms. The molecule has 110 valence electrons. The van der Waals surface area contributed by atoms with Crippen molar-refractivity contribution in [2.45, 2.75) is 12.5 Å². The van der Waals surface area contributed by atoms with Crippen LogP contribution < -0.4 is 4.74 Å². The van der Waals surface area contributed by atoms with Crippen LogP contribution in [0.25, 0.3) is 0 Å². The third-order valence-electron chi connectivity index (χ3n) is 3.44. The second-order valence-electron chi connectivity index (χ2n) is 4.82. The molecule has 1 unspecified atom stereocenters. The fraction of sp³-hybridized carbons (Fsp3) is 0.250. The molecule has 0 amide bonds. The van der Waals surface area contributed by atoms with Crippen LogP contribution >= 0.6 is 15.9 Å². The van der Waals surface area contributed by atoms with Crippen molar-refractivity contribution in [2.75, 3.05) is 13.2 Å². The lowest BCUT2D eigenvalue weighted by atomic mass is 9.98. The molecule has 2 aromatic carbocycles. The molecule has 1 aliphatic heterocycles. The average Bonchev–Trinajstić information content (AvgIpc) is 2.49. The highest BCUT2D eigenvalue weighted by molar-refractivity contribution is 9.10. The molecule has 0 aliphatic carbocycles. The standard InChI is InChI=1S/C16H13BrF2O2/c17-11-7-13(18)16(19)14(8-11)21-9-15-12-4-2-1-3-10(12)5-6-20-15/h1-4,7-8,15H,5-6,9H2. The van der Waals surface area contributed by atoms with Crippen molar-refractivity contribution in [3.63, 3.8) is 0 Å². The number of fused-ring (bicyclic) bond motifs is 1. The van der Waals surface area contributed by atoms with E-state index in [1.54, 1.807) is 0 Å². The van der Waals surface area contributed by atoms with Gasteiger partial charge in [-0.15, -0.1) is 0 Å². The third-order valence-corrected chi connectivity index (χ3v) is 3.90. The van der Waals surface area contributed by atoms with Crippen LogP contribution in [0, 0.1) is 11.6 Å². The molecule has 0 N–H and O–H groups in total. The topological polar surface area (TPSA) is 18.5 Å². The fourth-order valence-corrected chi connectivity index (χ4v) is 2.83. The fourth-order valence-electron chi connectivity index (χ4n) is 2.42. The Morgan fingerprint density at radius 3 is 2.90 bits per heavy atom. The monoisotopic (exact) mass is 354 g/mol. The lowest BCUT2D eigenvalue weighted by molar-refractivity contribution is 0.00918. The number of ether oxygens (including phenoxy) is 2. The maximum atomic E-state index is 13.7. The zero-order valence-electron chi connectivity index (χ0n) is 11.1. The van der Waals surface area contributed by atoms with Crippen molar-refractivity contribution >= 4 is 15.9 Å². The second kappa shape index (κ2) is 6.12. The molecule has 5 heteroatoms. The van der Waals surface area contributed by atoms with Crippen molar-refractivity contribution in [3.8, 4) is 5.75 Å². The minimum absolute atomic E-state index is 0.117. The van der Waals surface area contributed by atoms with Gasteiger partial charge in [-0.2, -0.15) is 4.39 Å². The first-order valence-electron chi connectivity index (χ1n) is 6.62. The van der Waals surface area contributed by atoms with E-state index >= 15 is 0 Å². The van der Waals surface area contributed by atoms with Crippen LogP contribution in [-0.2, 0) is 11.2 Å². The molecule has 2 aromatic rings. The van der Waals surface area contributed by atoms with Gasteiger partial charge < -0.3 is 9.47 Å². The Bertz CT molecular complexity index is 661. The van der Waals surface area contributed by atoms with Gasteiger partial charge in [0.25, 0.3) is 0 Å². The summed E-state index contributed by atoms with van der Waals surface area (Å²) in [5.41, 5.74) is 2.25. The van der Waals surface area contributed by atoms with E-state index in [9.17, 15) is 8.78 Å². The predicted octanol–water partition coefficient (Wildman–Crippen LogP) is 4.42. The van der Waals surface area contributed by atoms with E-state index < -0.39 is 11.6 Å². The van der Waals surface area contributed by atoms with Crippen molar-refractivity contribution in [3.05, 3.63) is 63.6 Å². The van der Waals surface area contributed by atoms with E-state index in [2.05, 4.69) is 15.9 Å². The van der Waals surface area contributed by atoms with Gasteiger partial charge in [-0.1, -0.05) is 40.2 Å². The normalized spacial score (nSPS) is 17.4. The smallest absolute Gasteiger partial charge is 0.200 e. The van der Waals surface area contributed by atoms with Gasteiger partial charge in [0.15, 0.2) is 11.6 Å². The van der Waals surface area contributed by atoms with Crippen molar-refractivity contribution in [1.29, 1.82) is 0 Å². The van der Waals surface area contributed by atoms with Crippen LogP contribution in [0.5, 0.6) is 5.75 Å². The highest BCUT2D eigenvalue weighted by Crippen LogP contribution is 2.30. The van der Waals surface area contributed by atoms with Gasteiger partial charge in [0, 0.05) is 4.47 Å². The van der Waals surface area contributed by atoms with Gasteiger partial charge in [0.05, 0.1) is 6.61 Å². The molecule has 0 saturated heterocycles. The Morgan fingerprint density at radius 1 is 1.24 bits per heavy atom. The number of halogens is 3. The molecular formula is C16H13BrF2O2. The predicted molar refractivity (Wildman–Crippen MR) is 78.4 cm³/mol. The van der Waals surface area contributed by atoms with E-state index in [0.717, 1.165) is 18.1 Å². The average molecular weight is 355 g/mol. The maximum absolute atomic E-state index is 13.7. The summed E-state index contributed by atoms with van der Waals surface area (Å²) in [5.74, 6) is -2.04. The van der Waals surface area contributed by atoms with E-state index in [4.69, 9.17) is 9.47 Å². The number of hydrogen-bond acceptors (Lipinski definition) is 2. The lowest BCUT2D eigenvalue weighted by Crippen LogP contribution is -2.21. The van der Waals surface area contributed by atoms with E-state index in [0.29, 0.717) is 11.1 Å². The van der Waals surface area contributed by atoms with E-state index in [1.807, 2.05) is 24.3 Å². The first-order valence-corrected chi connectivity index (χ1v) is 7.41. The maximum Gasteiger partial charge on any atom is 0.200 e. The summed E-state index contributed by atoms with van der Waals surface area (Å²) >= 11 is 3.12. The van der Waals surface area contributed by atoms with Crippen LogP contribution in [0.1, 0.15) is 17.2 Å². The van der Waals surface area contributed by atoms with Gasteiger partial charge in [-0.05, 0) is 29.7 Å². The molecule has 0 aromatic heterocycles. The van der Waals surface area contributed by atoms with E-state index in [-0.39, 0.29) is 18.5 Å². The molecule has 21 heavy (non-hydrogen) atoms. The molecule has 3 rings (SSSR count). The van der Waals surface area contributed by atoms with Crippen LogP contribution in [-0.4, -0.2) is 13.2 Å². The highest BCUT2D eigenvalue weighted by Gasteiger charge is 2.22. The summed E-state index contributed by atoms with van der Waals surface area (Å²) in [6.45, 7) is 0.740. The summed E-state index contributed by atoms with van der Waals surface area (Å²) in [4.78, 5) is 0. The van der Waals surface area contributed by atoms with Crippen LogP contribution in [0.4, 0.5) is 8.78 Å². The van der Waals surface area contributed by atoms with Gasteiger partial charge in [-0.25, -0.2) is 4.39 Å². The van der Waals surface area contributed by atoms with Crippen molar-refractivity contribution < 1.29 is 18.3 Å². The Hall–Kier alpha value is -1.46. The molecule has 0 saturated carbocycles. The summed E-state index contributed by atoms with van der Waals surface area (Å²) in [6, 6.07) is 10.4. The first-order chi connectivity index (χ1) is 10.1. The number of hydrogen-bond donors (Lipinski definition) is 0. The molecule has 1 atom stereocenters. The molecule has 2 nitrogen and oxygen atoms in total. The van der Waals surface area contributed by atoms with Crippen molar-refractivity contribution in [2.24, 2.45) is 0 Å². The Balaban J connectivity index is 1.78. The van der Waals surface area contributed by atoms with Crippen LogP contribution in [0.2, 0.25) is 0 Å². The van der Waals surface area contributed by atoms with Crippen LogP contribution in [0.3, 0.4) is 0 Å². The Labute approximate surface area is 129 Å². The van der Waals surface area contributed by atoms with Gasteiger partial charge >= 0.3 is 0 Å². The molecule has 1 heterocycles. The van der Waals surface area contributed by atoms with Crippen LogP contribution in [0.15, 0.2) is 40.9 Å². The van der Waals surface area contributed by atoms with Gasteiger partial charge in [0.2, 0.25) is 5.82 Å². The molecule has 0 radical (unpaired) electrons. The second-order valence-corrected chi connectivity index (χ2v) is 5.73. The number of benzene rings is 2. The Morgan fingerprint density at radius 2 is 2.05 bits per heavy atom.